The minimum atomic E-state index is -1.17. The molecule has 2 heterocycles. The molecule has 160 valence electrons. The summed E-state index contributed by atoms with van der Waals surface area (Å²) in [5.74, 6) is -0.171. The van der Waals surface area contributed by atoms with Gasteiger partial charge in [-0.15, -0.1) is 0 Å². The van der Waals surface area contributed by atoms with Gasteiger partial charge in [-0.05, 0) is 32.0 Å². The Morgan fingerprint density at radius 1 is 1.30 bits per heavy atom. The molecule has 1 amide bonds. The van der Waals surface area contributed by atoms with Gasteiger partial charge < -0.3 is 20.4 Å². The van der Waals surface area contributed by atoms with E-state index in [1.807, 2.05) is 42.7 Å². The Morgan fingerprint density at radius 2 is 2.07 bits per heavy atom. The summed E-state index contributed by atoms with van der Waals surface area (Å²) in [4.78, 5) is 22.2. The van der Waals surface area contributed by atoms with Gasteiger partial charge in [-0.3, -0.25) is 4.79 Å². The fourth-order valence-corrected chi connectivity index (χ4v) is 3.79. The smallest absolute Gasteiger partial charge is 0.255 e. The van der Waals surface area contributed by atoms with E-state index in [9.17, 15) is 4.79 Å². The van der Waals surface area contributed by atoms with Gasteiger partial charge in [0.2, 0.25) is 0 Å². The molecule has 3 rings (SSSR count). The molecule has 0 aliphatic carbocycles. The second kappa shape index (κ2) is 8.97. The van der Waals surface area contributed by atoms with Gasteiger partial charge in [0.1, 0.15) is 12.2 Å². The number of nitrogens with zero attached hydrogens (tertiary/aromatic N) is 3. The largest absolute Gasteiger partial charge is 0.399 e. The van der Waals surface area contributed by atoms with Gasteiger partial charge in [0.25, 0.3) is 5.91 Å². The zero-order chi connectivity index (χ0) is 21.9. The van der Waals surface area contributed by atoms with Crippen molar-refractivity contribution >= 4 is 30.8 Å². The Labute approximate surface area is 178 Å². The highest BCUT2D eigenvalue weighted by atomic mass is 28.3. The van der Waals surface area contributed by atoms with Crippen molar-refractivity contribution in [1.29, 1.82) is 0 Å². The zero-order valence-corrected chi connectivity index (χ0v) is 19.4. The molecular weight excluding hydrogens is 394 g/mol. The average Bonchev–Trinajstić information content (AvgIpc) is 3.02. The Kier molecular flexibility index (Phi) is 6.57. The van der Waals surface area contributed by atoms with Gasteiger partial charge in [-0.25, -0.2) is 9.97 Å². The van der Waals surface area contributed by atoms with Crippen LogP contribution in [0.25, 0.3) is 22.4 Å². The van der Waals surface area contributed by atoms with E-state index in [1.165, 1.54) is 0 Å². The summed E-state index contributed by atoms with van der Waals surface area (Å²) in [7, 11) is -1.17. The van der Waals surface area contributed by atoms with Crippen LogP contribution < -0.4 is 11.1 Å². The number of nitrogens with one attached hydrogen (secondary N) is 1. The highest BCUT2D eigenvalue weighted by Crippen LogP contribution is 2.24. The third kappa shape index (κ3) is 5.46. The van der Waals surface area contributed by atoms with Crippen LogP contribution in [0.2, 0.25) is 25.7 Å². The molecule has 1 aromatic carbocycles. The quantitative estimate of drug-likeness (QED) is 0.321. The average molecular weight is 426 g/mol. The van der Waals surface area contributed by atoms with Crippen molar-refractivity contribution in [2.75, 3.05) is 12.3 Å². The van der Waals surface area contributed by atoms with E-state index in [2.05, 4.69) is 29.9 Å². The molecule has 8 heteroatoms. The van der Waals surface area contributed by atoms with Crippen molar-refractivity contribution in [3.8, 4) is 11.3 Å². The molecule has 0 radical (unpaired) electrons. The van der Waals surface area contributed by atoms with Crippen molar-refractivity contribution in [3.05, 3.63) is 42.2 Å². The number of nitrogens with two attached hydrogens (primary N) is 1. The number of anilines is 1. The number of amides is 1. The van der Waals surface area contributed by atoms with Crippen molar-refractivity contribution in [2.45, 2.75) is 52.3 Å². The molecule has 0 aliphatic rings. The van der Waals surface area contributed by atoms with Gasteiger partial charge >= 0.3 is 0 Å². The predicted molar refractivity (Wildman–Crippen MR) is 124 cm³/mol. The van der Waals surface area contributed by atoms with E-state index in [0.717, 1.165) is 11.6 Å². The van der Waals surface area contributed by atoms with Crippen molar-refractivity contribution in [1.82, 2.24) is 19.9 Å². The van der Waals surface area contributed by atoms with E-state index in [4.69, 9.17) is 15.5 Å². The summed E-state index contributed by atoms with van der Waals surface area (Å²) >= 11 is 0. The number of hydrogen-bond donors (Lipinski definition) is 2. The van der Waals surface area contributed by atoms with Crippen LogP contribution in [-0.4, -0.2) is 41.2 Å². The number of nitrogen functional groups attached to an aromatic ring is 1. The zero-order valence-electron chi connectivity index (χ0n) is 18.4. The molecule has 3 aromatic rings. The first-order valence-corrected chi connectivity index (χ1v) is 13.9. The van der Waals surface area contributed by atoms with E-state index >= 15 is 0 Å². The van der Waals surface area contributed by atoms with Crippen molar-refractivity contribution in [2.24, 2.45) is 0 Å². The number of carbonyl (C=O) groups excluding carboxylic acids is 1. The lowest BCUT2D eigenvalue weighted by Crippen LogP contribution is -2.30. The van der Waals surface area contributed by atoms with Gasteiger partial charge in [0, 0.05) is 38.2 Å². The van der Waals surface area contributed by atoms with Gasteiger partial charge in [0.05, 0.1) is 17.5 Å². The maximum Gasteiger partial charge on any atom is 0.255 e. The number of carbonyl (C=O) groups is 1. The van der Waals surface area contributed by atoms with Gasteiger partial charge in [-0.1, -0.05) is 31.8 Å². The predicted octanol–water partition coefficient (Wildman–Crippen LogP) is 4.13. The lowest BCUT2D eigenvalue weighted by atomic mass is 10.1. The first kappa shape index (κ1) is 22.0. The van der Waals surface area contributed by atoms with E-state index < -0.39 is 8.07 Å². The maximum atomic E-state index is 12.8. The third-order valence-electron chi connectivity index (χ3n) is 4.64. The van der Waals surface area contributed by atoms with Gasteiger partial charge in [-0.2, -0.15) is 0 Å². The molecule has 7 nitrogen and oxygen atoms in total. The number of hydrogen-bond acceptors (Lipinski definition) is 5. The molecule has 0 saturated heterocycles. The molecule has 0 atom stereocenters. The monoisotopic (exact) mass is 425 g/mol. The van der Waals surface area contributed by atoms with Crippen molar-refractivity contribution in [3.63, 3.8) is 0 Å². The number of aromatic nitrogens is 3. The van der Waals surface area contributed by atoms with Crippen LogP contribution in [0.3, 0.4) is 0 Å². The molecule has 0 saturated carbocycles. The van der Waals surface area contributed by atoms with Crippen molar-refractivity contribution < 1.29 is 9.53 Å². The van der Waals surface area contributed by atoms with Gasteiger partial charge in [0.15, 0.2) is 5.65 Å². The third-order valence-corrected chi connectivity index (χ3v) is 6.34. The Hall–Kier alpha value is -2.71. The fraction of sp³-hybridized carbons (Fsp3) is 0.409. The lowest BCUT2D eigenvalue weighted by Gasteiger charge is -2.15. The van der Waals surface area contributed by atoms with E-state index in [1.54, 1.807) is 12.4 Å². The van der Waals surface area contributed by atoms with Crippen LogP contribution in [0.4, 0.5) is 5.69 Å². The molecule has 3 N–H and O–H groups in total. The molecular formula is C22H31N5O2Si. The van der Waals surface area contributed by atoms with Crippen LogP contribution >= 0.6 is 0 Å². The molecule has 0 unspecified atom stereocenters. The molecule has 0 spiro atoms. The number of ether oxygens (including phenoxy) is 1. The normalized spacial score (nSPS) is 11.9. The molecule has 0 fully saturated rings. The minimum absolute atomic E-state index is 0.0222. The Balaban J connectivity index is 1.96. The van der Waals surface area contributed by atoms with Crippen LogP contribution in [0.15, 0.2) is 36.7 Å². The number of fused-ring (bicyclic) bond motifs is 1. The molecule has 30 heavy (non-hydrogen) atoms. The first-order valence-electron chi connectivity index (χ1n) is 10.2. The van der Waals surface area contributed by atoms with E-state index in [0.29, 0.717) is 41.4 Å². The number of benzene rings is 1. The fourth-order valence-electron chi connectivity index (χ4n) is 3.03. The molecule has 0 aliphatic heterocycles. The molecule has 0 bridgehead atoms. The topological polar surface area (TPSA) is 95.1 Å². The summed E-state index contributed by atoms with van der Waals surface area (Å²) in [5.41, 5.74) is 9.78. The van der Waals surface area contributed by atoms with E-state index in [-0.39, 0.29) is 11.9 Å². The van der Waals surface area contributed by atoms with Crippen LogP contribution in [0.5, 0.6) is 0 Å². The molecule has 2 aromatic heterocycles. The second-order valence-corrected chi connectivity index (χ2v) is 14.7. The first-order chi connectivity index (χ1) is 14.1. The lowest BCUT2D eigenvalue weighted by molar-refractivity contribution is 0.0890. The summed E-state index contributed by atoms with van der Waals surface area (Å²) < 4.78 is 7.74. The summed E-state index contributed by atoms with van der Waals surface area (Å²) in [6.45, 7) is 11.8. The highest BCUT2D eigenvalue weighted by molar-refractivity contribution is 6.76. The van der Waals surface area contributed by atoms with Crippen LogP contribution in [-0.2, 0) is 11.5 Å². The SMILES string of the molecule is CC(C)NC(=O)c1cn(COCC[Si](C)(C)C)c2ncc(-c3cccc(N)c3)nc12. The van der Waals surface area contributed by atoms with Crippen LogP contribution in [0, 0.1) is 0 Å². The van der Waals surface area contributed by atoms with Crippen LogP contribution in [0.1, 0.15) is 24.2 Å². The second-order valence-electron chi connectivity index (χ2n) is 9.04. The summed E-state index contributed by atoms with van der Waals surface area (Å²) in [6, 6.07) is 8.58. The number of rotatable bonds is 8. The summed E-state index contributed by atoms with van der Waals surface area (Å²) in [6.07, 6.45) is 3.49. The Bertz CT molecular complexity index is 1040. The standard InChI is InChI=1S/C22H31N5O2Si/c1-15(2)25-22(28)18-13-27(14-29-9-10-30(3,4)5)21-20(18)26-19(12-24-21)16-7-6-8-17(23)11-16/h6-8,11-13,15H,9-10,14,23H2,1-5H3,(H,25,28). The summed E-state index contributed by atoms with van der Waals surface area (Å²) in [5, 5.41) is 2.94. The minimum Gasteiger partial charge on any atom is -0.399 e. The Morgan fingerprint density at radius 3 is 2.73 bits per heavy atom. The maximum absolute atomic E-state index is 12.8. The highest BCUT2D eigenvalue weighted by Gasteiger charge is 2.19.